The van der Waals surface area contributed by atoms with Gasteiger partial charge in [-0.25, -0.2) is 4.39 Å². The summed E-state index contributed by atoms with van der Waals surface area (Å²) < 4.78 is 18.1. The molecule has 0 bridgehead atoms. The monoisotopic (exact) mass is 249 g/mol. The van der Waals surface area contributed by atoms with Crippen LogP contribution in [-0.4, -0.2) is 23.7 Å². The first kappa shape index (κ1) is 12.7. The molecule has 1 N–H and O–H groups in total. The molecule has 4 nitrogen and oxygen atoms in total. The van der Waals surface area contributed by atoms with Crippen LogP contribution in [0.4, 0.5) is 4.39 Å². The molecule has 0 aliphatic rings. The molecule has 1 aromatic carbocycles. The lowest BCUT2D eigenvalue weighted by Crippen LogP contribution is -2.08. The van der Waals surface area contributed by atoms with Crippen molar-refractivity contribution in [1.29, 1.82) is 0 Å². The third kappa shape index (κ3) is 3.63. The van der Waals surface area contributed by atoms with Gasteiger partial charge >= 0.3 is 0 Å². The Morgan fingerprint density at radius 1 is 1.39 bits per heavy atom. The first-order valence-electron chi connectivity index (χ1n) is 5.98. The zero-order chi connectivity index (χ0) is 12.8. The van der Waals surface area contributed by atoms with Crippen molar-refractivity contribution in [3.05, 3.63) is 47.4 Å². The van der Waals surface area contributed by atoms with Gasteiger partial charge in [-0.1, -0.05) is 17.3 Å². The van der Waals surface area contributed by atoms with Gasteiger partial charge in [-0.05, 0) is 37.7 Å². The number of nitrogens with zero attached hydrogens (tertiary/aromatic N) is 2. The lowest BCUT2D eigenvalue weighted by Gasteiger charge is -1.96. The second kappa shape index (κ2) is 6.26. The van der Waals surface area contributed by atoms with Crippen LogP contribution in [0.1, 0.15) is 23.7 Å². The number of nitrogens with one attached hydrogen (secondary N) is 1. The lowest BCUT2D eigenvalue weighted by atomic mass is 10.1. The van der Waals surface area contributed by atoms with E-state index in [1.165, 1.54) is 12.1 Å². The molecule has 0 saturated carbocycles. The van der Waals surface area contributed by atoms with Crippen molar-refractivity contribution >= 4 is 0 Å². The Morgan fingerprint density at radius 3 is 3.06 bits per heavy atom. The van der Waals surface area contributed by atoms with Gasteiger partial charge in [0.25, 0.3) is 0 Å². The second-order valence-electron chi connectivity index (χ2n) is 4.12. The van der Waals surface area contributed by atoms with Gasteiger partial charge < -0.3 is 9.84 Å². The van der Waals surface area contributed by atoms with Crippen LogP contribution in [0, 0.1) is 5.82 Å². The molecule has 2 aromatic rings. The summed E-state index contributed by atoms with van der Waals surface area (Å²) in [5.41, 5.74) is 0.845. The van der Waals surface area contributed by atoms with Crippen molar-refractivity contribution in [3.8, 4) is 0 Å². The van der Waals surface area contributed by atoms with Crippen LogP contribution < -0.4 is 5.32 Å². The molecular formula is C13H16FN3O. The maximum absolute atomic E-state index is 13.0. The van der Waals surface area contributed by atoms with Crippen LogP contribution in [0.3, 0.4) is 0 Å². The fraction of sp³-hybridized carbons (Fsp3) is 0.385. The van der Waals surface area contributed by atoms with Crippen molar-refractivity contribution < 1.29 is 8.91 Å². The molecule has 1 heterocycles. The van der Waals surface area contributed by atoms with Crippen LogP contribution in [0.15, 0.2) is 28.8 Å². The summed E-state index contributed by atoms with van der Waals surface area (Å²) in [6.45, 7) is 0.918. The standard InChI is InChI=1S/C13H16FN3O/c1-15-7-3-6-13-16-12(17-18-13)9-10-4-2-5-11(14)8-10/h2,4-5,8,15H,3,6-7,9H2,1H3. The SMILES string of the molecule is CNCCCc1nc(Cc2cccc(F)c2)no1. The summed E-state index contributed by atoms with van der Waals surface area (Å²) in [5, 5.41) is 6.95. The average molecular weight is 249 g/mol. The van der Waals surface area contributed by atoms with Crippen LogP contribution in [0.5, 0.6) is 0 Å². The first-order chi connectivity index (χ1) is 8.78. The highest BCUT2D eigenvalue weighted by atomic mass is 19.1. The molecule has 5 heteroatoms. The fourth-order valence-electron chi connectivity index (χ4n) is 1.71. The normalized spacial score (nSPS) is 10.8. The molecule has 1 aromatic heterocycles. The molecule has 0 fully saturated rings. The molecule has 0 aliphatic carbocycles. The highest BCUT2D eigenvalue weighted by molar-refractivity contribution is 5.19. The molecule has 0 amide bonds. The lowest BCUT2D eigenvalue weighted by molar-refractivity contribution is 0.370. The largest absolute Gasteiger partial charge is 0.339 e. The predicted molar refractivity (Wildman–Crippen MR) is 65.8 cm³/mol. The van der Waals surface area contributed by atoms with Gasteiger partial charge in [-0.3, -0.25) is 0 Å². The van der Waals surface area contributed by atoms with Crippen LogP contribution in [-0.2, 0) is 12.8 Å². The summed E-state index contributed by atoms with van der Waals surface area (Å²) in [4.78, 5) is 4.28. The number of aromatic nitrogens is 2. The highest BCUT2D eigenvalue weighted by Crippen LogP contribution is 2.09. The number of benzene rings is 1. The fourth-order valence-corrected chi connectivity index (χ4v) is 1.71. The van der Waals surface area contributed by atoms with Gasteiger partial charge in [-0.2, -0.15) is 4.98 Å². The molecular weight excluding hydrogens is 233 g/mol. The third-order valence-corrected chi connectivity index (χ3v) is 2.58. The highest BCUT2D eigenvalue weighted by Gasteiger charge is 2.07. The van der Waals surface area contributed by atoms with E-state index in [0.717, 1.165) is 24.9 Å². The molecule has 0 saturated heterocycles. The van der Waals surface area contributed by atoms with Crippen LogP contribution in [0.25, 0.3) is 0 Å². The molecule has 0 aliphatic heterocycles. The number of hydrogen-bond acceptors (Lipinski definition) is 4. The second-order valence-corrected chi connectivity index (χ2v) is 4.12. The minimum atomic E-state index is -0.245. The summed E-state index contributed by atoms with van der Waals surface area (Å²) in [6.07, 6.45) is 2.21. The van der Waals surface area contributed by atoms with E-state index in [9.17, 15) is 4.39 Å². The number of aryl methyl sites for hydroxylation is 1. The third-order valence-electron chi connectivity index (χ3n) is 2.58. The van der Waals surface area contributed by atoms with Crippen molar-refractivity contribution in [2.45, 2.75) is 19.3 Å². The van der Waals surface area contributed by atoms with Gasteiger partial charge in [0.05, 0.1) is 0 Å². The van der Waals surface area contributed by atoms with E-state index >= 15 is 0 Å². The van der Waals surface area contributed by atoms with Crippen LogP contribution >= 0.6 is 0 Å². The van der Waals surface area contributed by atoms with Crippen molar-refractivity contribution in [1.82, 2.24) is 15.5 Å². The van der Waals surface area contributed by atoms with E-state index in [1.807, 2.05) is 13.1 Å². The Balaban J connectivity index is 1.94. The topological polar surface area (TPSA) is 51.0 Å². The summed E-state index contributed by atoms with van der Waals surface area (Å²) in [5.74, 6) is 0.988. The summed E-state index contributed by atoms with van der Waals surface area (Å²) >= 11 is 0. The van der Waals surface area contributed by atoms with Crippen molar-refractivity contribution in [2.75, 3.05) is 13.6 Å². The van der Waals surface area contributed by atoms with Gasteiger partial charge in [0.2, 0.25) is 5.89 Å². The van der Waals surface area contributed by atoms with Crippen LogP contribution in [0.2, 0.25) is 0 Å². The predicted octanol–water partition coefficient (Wildman–Crippen LogP) is 1.95. The van der Waals surface area contributed by atoms with E-state index in [-0.39, 0.29) is 5.82 Å². The maximum atomic E-state index is 13.0. The average Bonchev–Trinajstić information content (AvgIpc) is 2.77. The Hall–Kier alpha value is -1.75. The van der Waals surface area contributed by atoms with Crippen molar-refractivity contribution in [3.63, 3.8) is 0 Å². The molecule has 2 rings (SSSR count). The van der Waals surface area contributed by atoms with Crippen molar-refractivity contribution in [2.24, 2.45) is 0 Å². The minimum absolute atomic E-state index is 0.245. The quantitative estimate of drug-likeness (QED) is 0.795. The molecule has 0 radical (unpaired) electrons. The summed E-state index contributed by atoms with van der Waals surface area (Å²) in [7, 11) is 1.91. The molecule has 0 spiro atoms. The Morgan fingerprint density at radius 2 is 2.28 bits per heavy atom. The van der Waals surface area contributed by atoms with E-state index in [1.54, 1.807) is 6.07 Å². The molecule has 0 atom stereocenters. The zero-order valence-electron chi connectivity index (χ0n) is 10.3. The van der Waals surface area contributed by atoms with E-state index < -0.39 is 0 Å². The van der Waals surface area contributed by atoms with E-state index in [4.69, 9.17) is 4.52 Å². The van der Waals surface area contributed by atoms with E-state index in [0.29, 0.717) is 18.1 Å². The summed E-state index contributed by atoms with van der Waals surface area (Å²) in [6, 6.07) is 6.43. The number of rotatable bonds is 6. The Bertz CT molecular complexity index is 498. The van der Waals surface area contributed by atoms with Gasteiger partial charge in [0.15, 0.2) is 5.82 Å². The van der Waals surface area contributed by atoms with E-state index in [2.05, 4.69) is 15.5 Å². The molecule has 0 unspecified atom stereocenters. The minimum Gasteiger partial charge on any atom is -0.339 e. The van der Waals surface area contributed by atoms with Gasteiger partial charge in [0, 0.05) is 12.8 Å². The number of hydrogen-bond donors (Lipinski definition) is 1. The Labute approximate surface area is 105 Å². The smallest absolute Gasteiger partial charge is 0.226 e. The maximum Gasteiger partial charge on any atom is 0.226 e. The molecule has 18 heavy (non-hydrogen) atoms. The Kier molecular flexibility index (Phi) is 4.41. The zero-order valence-corrected chi connectivity index (χ0v) is 10.3. The molecule has 96 valence electrons. The number of halogens is 1. The van der Waals surface area contributed by atoms with Gasteiger partial charge in [-0.15, -0.1) is 0 Å². The first-order valence-corrected chi connectivity index (χ1v) is 5.98. The van der Waals surface area contributed by atoms with Gasteiger partial charge in [0.1, 0.15) is 5.82 Å².